The molecular formula is C11H9Cl2NO2. The van der Waals surface area contributed by atoms with Gasteiger partial charge in [-0.15, -0.1) is 0 Å². The van der Waals surface area contributed by atoms with Crippen molar-refractivity contribution in [2.75, 3.05) is 6.61 Å². The van der Waals surface area contributed by atoms with E-state index in [1.165, 1.54) is 0 Å². The zero-order valence-electron chi connectivity index (χ0n) is 8.28. The van der Waals surface area contributed by atoms with Crippen LogP contribution in [-0.2, 0) is 6.42 Å². The van der Waals surface area contributed by atoms with Crippen LogP contribution in [0.25, 0.3) is 11.3 Å². The molecule has 0 saturated carbocycles. The van der Waals surface area contributed by atoms with Crippen molar-refractivity contribution in [1.29, 1.82) is 0 Å². The number of halogens is 2. The molecule has 3 nitrogen and oxygen atoms in total. The number of nitrogens with zero attached hydrogens (tertiary/aromatic N) is 1. The van der Waals surface area contributed by atoms with E-state index < -0.39 is 0 Å². The predicted molar refractivity (Wildman–Crippen MR) is 62.7 cm³/mol. The van der Waals surface area contributed by atoms with Crippen LogP contribution in [0.15, 0.2) is 28.8 Å². The summed E-state index contributed by atoms with van der Waals surface area (Å²) in [5, 5.41) is 13.7. The molecule has 16 heavy (non-hydrogen) atoms. The van der Waals surface area contributed by atoms with Gasteiger partial charge in [0.25, 0.3) is 0 Å². The molecule has 0 aliphatic carbocycles. The molecule has 1 heterocycles. The Labute approximate surface area is 103 Å². The van der Waals surface area contributed by atoms with Crippen LogP contribution in [0.4, 0.5) is 0 Å². The van der Waals surface area contributed by atoms with Crippen LogP contribution in [0.3, 0.4) is 0 Å². The Morgan fingerprint density at radius 1 is 1.25 bits per heavy atom. The topological polar surface area (TPSA) is 46.3 Å². The first-order valence-corrected chi connectivity index (χ1v) is 5.49. The molecule has 0 aliphatic heterocycles. The van der Waals surface area contributed by atoms with Crippen LogP contribution in [0.5, 0.6) is 0 Å². The van der Waals surface area contributed by atoms with Gasteiger partial charge in [0.1, 0.15) is 11.5 Å². The molecule has 0 amide bonds. The summed E-state index contributed by atoms with van der Waals surface area (Å²) in [5.74, 6) is 0.605. The summed E-state index contributed by atoms with van der Waals surface area (Å²) in [6.07, 6.45) is 0.426. The van der Waals surface area contributed by atoms with Crippen molar-refractivity contribution in [3.8, 4) is 11.3 Å². The normalized spacial score (nSPS) is 10.7. The van der Waals surface area contributed by atoms with E-state index in [2.05, 4.69) is 5.16 Å². The Hall–Kier alpha value is -1.03. The monoisotopic (exact) mass is 257 g/mol. The Bertz CT molecular complexity index is 476. The molecule has 0 fully saturated rings. The van der Waals surface area contributed by atoms with Crippen LogP contribution < -0.4 is 0 Å². The highest BCUT2D eigenvalue weighted by atomic mass is 35.5. The van der Waals surface area contributed by atoms with E-state index >= 15 is 0 Å². The van der Waals surface area contributed by atoms with E-state index in [0.29, 0.717) is 33.5 Å². The molecule has 1 N–H and O–H groups in total. The van der Waals surface area contributed by atoms with Crippen molar-refractivity contribution < 1.29 is 9.63 Å². The Morgan fingerprint density at radius 2 is 1.94 bits per heavy atom. The number of aliphatic hydroxyl groups excluding tert-OH is 1. The molecule has 2 aromatic rings. The van der Waals surface area contributed by atoms with Gasteiger partial charge in [-0.25, -0.2) is 0 Å². The third kappa shape index (κ3) is 2.21. The number of benzene rings is 1. The quantitative estimate of drug-likeness (QED) is 0.919. The number of rotatable bonds is 3. The number of hydrogen-bond donors (Lipinski definition) is 1. The van der Waals surface area contributed by atoms with Gasteiger partial charge in [0.05, 0.1) is 16.7 Å². The van der Waals surface area contributed by atoms with Gasteiger partial charge in [-0.1, -0.05) is 34.4 Å². The van der Waals surface area contributed by atoms with E-state index in [-0.39, 0.29) is 6.61 Å². The fourth-order valence-corrected chi connectivity index (χ4v) is 1.99. The molecule has 0 radical (unpaired) electrons. The molecule has 1 aromatic carbocycles. The SMILES string of the molecule is OCCc1cc(-c2c(Cl)cccc2Cl)no1. The lowest BCUT2D eigenvalue weighted by atomic mass is 10.1. The molecule has 0 aliphatic rings. The lowest BCUT2D eigenvalue weighted by Crippen LogP contribution is -1.86. The molecule has 0 saturated heterocycles. The lowest BCUT2D eigenvalue weighted by Gasteiger charge is -2.01. The van der Waals surface area contributed by atoms with Crippen molar-refractivity contribution in [2.24, 2.45) is 0 Å². The second-order valence-electron chi connectivity index (χ2n) is 3.25. The van der Waals surface area contributed by atoms with Gasteiger partial charge >= 0.3 is 0 Å². The van der Waals surface area contributed by atoms with Crippen LogP contribution >= 0.6 is 23.2 Å². The first-order chi connectivity index (χ1) is 7.72. The Balaban J connectivity index is 2.42. The number of aromatic nitrogens is 1. The minimum absolute atomic E-state index is 0.0187. The van der Waals surface area contributed by atoms with Gasteiger partial charge in [-0.05, 0) is 12.1 Å². The standard InChI is InChI=1S/C11H9Cl2NO2/c12-8-2-1-3-9(13)11(8)10-6-7(4-5-15)16-14-10/h1-3,6,15H,4-5H2. The predicted octanol–water partition coefficient (Wildman–Crippen LogP) is 3.18. The van der Waals surface area contributed by atoms with E-state index in [4.69, 9.17) is 32.8 Å². The zero-order valence-corrected chi connectivity index (χ0v) is 9.79. The molecule has 0 bridgehead atoms. The Kier molecular flexibility index (Phi) is 3.49. The second kappa shape index (κ2) is 4.87. The van der Waals surface area contributed by atoms with Gasteiger partial charge < -0.3 is 9.63 Å². The summed E-state index contributed by atoms with van der Waals surface area (Å²) in [4.78, 5) is 0. The highest BCUT2D eigenvalue weighted by Crippen LogP contribution is 2.33. The van der Waals surface area contributed by atoms with Gasteiger partial charge in [-0.3, -0.25) is 0 Å². The summed E-state index contributed by atoms with van der Waals surface area (Å²) in [6, 6.07) is 6.97. The maximum Gasteiger partial charge on any atom is 0.139 e. The first-order valence-electron chi connectivity index (χ1n) is 4.73. The van der Waals surface area contributed by atoms with E-state index in [0.717, 1.165) is 0 Å². The number of hydrogen-bond acceptors (Lipinski definition) is 3. The van der Waals surface area contributed by atoms with Crippen LogP contribution in [0, 0.1) is 0 Å². The van der Waals surface area contributed by atoms with Gasteiger partial charge in [0.2, 0.25) is 0 Å². The Morgan fingerprint density at radius 3 is 2.56 bits per heavy atom. The molecule has 1 aromatic heterocycles. The number of aliphatic hydroxyl groups is 1. The average molecular weight is 258 g/mol. The summed E-state index contributed by atoms with van der Waals surface area (Å²) in [5.41, 5.74) is 1.23. The van der Waals surface area contributed by atoms with E-state index in [1.807, 2.05) is 0 Å². The minimum Gasteiger partial charge on any atom is -0.396 e. The molecule has 5 heteroatoms. The van der Waals surface area contributed by atoms with Gasteiger partial charge in [0, 0.05) is 18.1 Å². The largest absolute Gasteiger partial charge is 0.396 e. The summed E-state index contributed by atoms with van der Waals surface area (Å²) in [6.45, 7) is 0.0187. The second-order valence-corrected chi connectivity index (χ2v) is 4.06. The maximum atomic E-state index is 8.77. The van der Waals surface area contributed by atoms with Crippen molar-refractivity contribution in [1.82, 2.24) is 5.16 Å². The molecular weight excluding hydrogens is 249 g/mol. The van der Waals surface area contributed by atoms with Gasteiger partial charge in [-0.2, -0.15) is 0 Å². The maximum absolute atomic E-state index is 8.77. The fraction of sp³-hybridized carbons (Fsp3) is 0.182. The summed E-state index contributed by atoms with van der Waals surface area (Å²) in [7, 11) is 0. The van der Waals surface area contributed by atoms with Gasteiger partial charge in [0.15, 0.2) is 0 Å². The van der Waals surface area contributed by atoms with Crippen molar-refractivity contribution in [3.63, 3.8) is 0 Å². The molecule has 0 atom stereocenters. The van der Waals surface area contributed by atoms with Crippen LogP contribution in [0.1, 0.15) is 5.76 Å². The fourth-order valence-electron chi connectivity index (χ4n) is 1.40. The van der Waals surface area contributed by atoms with Crippen molar-refractivity contribution in [2.45, 2.75) is 6.42 Å². The highest BCUT2D eigenvalue weighted by molar-refractivity contribution is 6.39. The molecule has 0 unspecified atom stereocenters. The van der Waals surface area contributed by atoms with E-state index in [9.17, 15) is 0 Å². The third-order valence-corrected chi connectivity index (χ3v) is 2.77. The first kappa shape index (κ1) is 11.5. The summed E-state index contributed by atoms with van der Waals surface area (Å²) >= 11 is 12.1. The van der Waals surface area contributed by atoms with Crippen molar-refractivity contribution >= 4 is 23.2 Å². The van der Waals surface area contributed by atoms with Crippen LogP contribution in [-0.4, -0.2) is 16.9 Å². The van der Waals surface area contributed by atoms with E-state index in [1.54, 1.807) is 24.3 Å². The zero-order chi connectivity index (χ0) is 11.5. The minimum atomic E-state index is 0.0187. The highest BCUT2D eigenvalue weighted by Gasteiger charge is 2.12. The lowest BCUT2D eigenvalue weighted by molar-refractivity contribution is 0.277. The third-order valence-electron chi connectivity index (χ3n) is 2.14. The molecule has 2 rings (SSSR count). The molecule has 0 spiro atoms. The smallest absolute Gasteiger partial charge is 0.139 e. The van der Waals surface area contributed by atoms with Crippen molar-refractivity contribution in [3.05, 3.63) is 40.1 Å². The average Bonchev–Trinajstić information content (AvgIpc) is 2.67. The molecule has 84 valence electrons. The van der Waals surface area contributed by atoms with Crippen LogP contribution in [0.2, 0.25) is 10.0 Å². The summed E-state index contributed by atoms with van der Waals surface area (Å²) < 4.78 is 5.04.